The summed E-state index contributed by atoms with van der Waals surface area (Å²) >= 11 is 0. The molecule has 0 aliphatic heterocycles. The summed E-state index contributed by atoms with van der Waals surface area (Å²) in [7, 11) is 0. The standard InChI is InChI=1S/C17H25NO/c1-2-3-4-9-17(18-19)16-12-10-15(11-13-16)14-7-5-6-8-14/h10-14,19H,2-9H2,1H3/b18-17-. The first-order valence-electron chi connectivity index (χ1n) is 7.66. The van der Waals surface area contributed by atoms with E-state index in [1.807, 2.05) is 0 Å². The Bertz CT molecular complexity index is 402. The third-order valence-corrected chi connectivity index (χ3v) is 4.21. The molecular formula is C17H25NO. The summed E-state index contributed by atoms with van der Waals surface area (Å²) in [5, 5.41) is 12.6. The lowest BCUT2D eigenvalue weighted by Crippen LogP contribution is -2.02. The van der Waals surface area contributed by atoms with Crippen molar-refractivity contribution in [3.05, 3.63) is 35.4 Å². The van der Waals surface area contributed by atoms with Gasteiger partial charge in [0, 0.05) is 0 Å². The third-order valence-electron chi connectivity index (χ3n) is 4.21. The van der Waals surface area contributed by atoms with E-state index in [-0.39, 0.29) is 0 Å². The average Bonchev–Trinajstić information content (AvgIpc) is 2.98. The number of hydrogen-bond donors (Lipinski definition) is 1. The summed E-state index contributed by atoms with van der Waals surface area (Å²) in [5.41, 5.74) is 3.35. The molecule has 1 aliphatic carbocycles. The van der Waals surface area contributed by atoms with Crippen molar-refractivity contribution in [2.24, 2.45) is 5.16 Å². The second kappa shape index (κ2) is 7.32. The first-order valence-corrected chi connectivity index (χ1v) is 7.66. The molecule has 0 spiro atoms. The molecule has 1 fully saturated rings. The largest absolute Gasteiger partial charge is 0.411 e. The summed E-state index contributed by atoms with van der Waals surface area (Å²) < 4.78 is 0. The Balaban J connectivity index is 1.99. The molecule has 1 aromatic carbocycles. The van der Waals surface area contributed by atoms with Crippen LogP contribution in [-0.2, 0) is 0 Å². The van der Waals surface area contributed by atoms with Crippen molar-refractivity contribution in [1.82, 2.24) is 0 Å². The zero-order valence-corrected chi connectivity index (χ0v) is 11.9. The van der Waals surface area contributed by atoms with Crippen LogP contribution < -0.4 is 0 Å². The van der Waals surface area contributed by atoms with Gasteiger partial charge in [-0.2, -0.15) is 0 Å². The van der Waals surface area contributed by atoms with Crippen LogP contribution in [-0.4, -0.2) is 10.9 Å². The predicted molar refractivity (Wildman–Crippen MR) is 80.1 cm³/mol. The summed E-state index contributed by atoms with van der Waals surface area (Å²) in [6.07, 6.45) is 9.75. The number of oxime groups is 1. The first-order chi connectivity index (χ1) is 9.35. The van der Waals surface area contributed by atoms with Gasteiger partial charge in [0.2, 0.25) is 0 Å². The van der Waals surface area contributed by atoms with Crippen LogP contribution in [0.1, 0.15) is 75.3 Å². The van der Waals surface area contributed by atoms with Crippen LogP contribution in [0.2, 0.25) is 0 Å². The molecule has 1 aliphatic rings. The van der Waals surface area contributed by atoms with Crippen molar-refractivity contribution in [1.29, 1.82) is 0 Å². The minimum Gasteiger partial charge on any atom is -0.411 e. The van der Waals surface area contributed by atoms with Crippen LogP contribution in [0.15, 0.2) is 29.4 Å². The fourth-order valence-corrected chi connectivity index (χ4v) is 3.00. The maximum atomic E-state index is 9.15. The molecular weight excluding hydrogens is 234 g/mol. The minimum atomic E-state index is 0.753. The van der Waals surface area contributed by atoms with Gasteiger partial charge >= 0.3 is 0 Å². The molecule has 2 heteroatoms. The first kappa shape index (κ1) is 14.1. The van der Waals surface area contributed by atoms with E-state index in [0.717, 1.165) is 30.0 Å². The number of hydrogen-bond acceptors (Lipinski definition) is 2. The summed E-state index contributed by atoms with van der Waals surface area (Å²) in [6, 6.07) is 8.68. The topological polar surface area (TPSA) is 32.6 Å². The molecule has 0 radical (unpaired) electrons. The van der Waals surface area contributed by atoms with Crippen molar-refractivity contribution in [2.75, 3.05) is 0 Å². The molecule has 1 aromatic rings. The lowest BCUT2D eigenvalue weighted by atomic mass is 9.95. The van der Waals surface area contributed by atoms with Gasteiger partial charge in [0.15, 0.2) is 0 Å². The van der Waals surface area contributed by atoms with E-state index in [2.05, 4.69) is 36.3 Å². The van der Waals surface area contributed by atoms with E-state index in [1.54, 1.807) is 0 Å². The molecule has 1 N–H and O–H groups in total. The smallest absolute Gasteiger partial charge is 0.0867 e. The normalized spacial score (nSPS) is 17.0. The molecule has 0 atom stereocenters. The highest BCUT2D eigenvalue weighted by Gasteiger charge is 2.17. The van der Waals surface area contributed by atoms with E-state index in [1.165, 1.54) is 44.1 Å². The van der Waals surface area contributed by atoms with Gasteiger partial charge in [-0.3, -0.25) is 0 Å². The Labute approximate surface area is 116 Å². The molecule has 0 amide bonds. The van der Waals surface area contributed by atoms with Crippen molar-refractivity contribution in [3.8, 4) is 0 Å². The molecule has 0 unspecified atom stereocenters. The van der Waals surface area contributed by atoms with Crippen molar-refractivity contribution >= 4 is 5.71 Å². The van der Waals surface area contributed by atoms with Gasteiger partial charge in [0.05, 0.1) is 5.71 Å². The minimum absolute atomic E-state index is 0.753. The Kier molecular flexibility index (Phi) is 5.44. The van der Waals surface area contributed by atoms with Gasteiger partial charge < -0.3 is 5.21 Å². The summed E-state index contributed by atoms with van der Waals surface area (Å²) in [4.78, 5) is 0. The summed E-state index contributed by atoms with van der Waals surface area (Å²) in [6.45, 7) is 2.19. The monoisotopic (exact) mass is 259 g/mol. The summed E-state index contributed by atoms with van der Waals surface area (Å²) in [5.74, 6) is 0.753. The molecule has 2 rings (SSSR count). The zero-order chi connectivity index (χ0) is 13.5. The molecule has 1 saturated carbocycles. The van der Waals surface area contributed by atoms with Crippen LogP contribution in [0.25, 0.3) is 0 Å². The van der Waals surface area contributed by atoms with E-state index < -0.39 is 0 Å². The highest BCUT2D eigenvalue weighted by Crippen LogP contribution is 2.34. The van der Waals surface area contributed by atoms with E-state index >= 15 is 0 Å². The lowest BCUT2D eigenvalue weighted by molar-refractivity contribution is 0.317. The fourth-order valence-electron chi connectivity index (χ4n) is 3.00. The van der Waals surface area contributed by atoms with E-state index in [0.29, 0.717) is 0 Å². The second-order valence-electron chi connectivity index (χ2n) is 5.61. The quantitative estimate of drug-likeness (QED) is 0.328. The lowest BCUT2D eigenvalue weighted by Gasteiger charge is -2.11. The van der Waals surface area contributed by atoms with Crippen LogP contribution in [0.5, 0.6) is 0 Å². The molecule has 2 nitrogen and oxygen atoms in total. The van der Waals surface area contributed by atoms with Crippen LogP contribution in [0.3, 0.4) is 0 Å². The number of nitrogens with zero attached hydrogens (tertiary/aromatic N) is 1. The Morgan fingerprint density at radius 2 is 1.84 bits per heavy atom. The van der Waals surface area contributed by atoms with Gasteiger partial charge in [0.25, 0.3) is 0 Å². The van der Waals surface area contributed by atoms with Gasteiger partial charge in [-0.15, -0.1) is 0 Å². The fraction of sp³-hybridized carbons (Fsp3) is 0.588. The Hall–Kier alpha value is -1.31. The van der Waals surface area contributed by atoms with Crippen molar-refractivity contribution in [2.45, 2.75) is 64.2 Å². The molecule has 104 valence electrons. The average molecular weight is 259 g/mol. The number of unbranched alkanes of at least 4 members (excludes halogenated alkanes) is 2. The second-order valence-corrected chi connectivity index (χ2v) is 5.61. The molecule has 0 saturated heterocycles. The van der Waals surface area contributed by atoms with Crippen LogP contribution >= 0.6 is 0 Å². The molecule has 0 heterocycles. The maximum Gasteiger partial charge on any atom is 0.0867 e. The van der Waals surface area contributed by atoms with Crippen molar-refractivity contribution < 1.29 is 5.21 Å². The molecule has 0 bridgehead atoms. The maximum absolute atomic E-state index is 9.15. The van der Waals surface area contributed by atoms with Gasteiger partial charge in [0.1, 0.15) is 0 Å². The van der Waals surface area contributed by atoms with Crippen LogP contribution in [0.4, 0.5) is 0 Å². The zero-order valence-electron chi connectivity index (χ0n) is 11.9. The van der Waals surface area contributed by atoms with Crippen molar-refractivity contribution in [3.63, 3.8) is 0 Å². The molecule has 19 heavy (non-hydrogen) atoms. The number of benzene rings is 1. The number of rotatable bonds is 6. The SMILES string of the molecule is CCCCC/C(=N/O)c1ccc(C2CCCC2)cc1. The Morgan fingerprint density at radius 1 is 1.16 bits per heavy atom. The Morgan fingerprint density at radius 3 is 2.42 bits per heavy atom. The van der Waals surface area contributed by atoms with E-state index in [9.17, 15) is 0 Å². The van der Waals surface area contributed by atoms with Gasteiger partial charge in [-0.25, -0.2) is 0 Å². The van der Waals surface area contributed by atoms with Gasteiger partial charge in [-0.1, -0.05) is 62.0 Å². The highest BCUT2D eigenvalue weighted by atomic mass is 16.4. The third kappa shape index (κ3) is 3.82. The van der Waals surface area contributed by atoms with E-state index in [4.69, 9.17) is 5.21 Å². The highest BCUT2D eigenvalue weighted by molar-refractivity contribution is 6.00. The van der Waals surface area contributed by atoms with Crippen LogP contribution in [0, 0.1) is 0 Å². The van der Waals surface area contributed by atoms with Gasteiger partial charge in [-0.05, 0) is 42.7 Å². The predicted octanol–water partition coefficient (Wildman–Crippen LogP) is 5.10. The molecule has 0 aromatic heterocycles.